The fourth-order valence-electron chi connectivity index (χ4n) is 3.11. The second-order valence-electron chi connectivity index (χ2n) is 6.88. The molecular weight excluding hydrogens is 537 g/mol. The third kappa shape index (κ3) is 5.70. The first-order valence-corrected chi connectivity index (χ1v) is 11.3. The summed E-state index contributed by atoms with van der Waals surface area (Å²) in [5.41, 5.74) is 2.82. The van der Waals surface area contributed by atoms with Gasteiger partial charge in [-0.3, -0.25) is 4.79 Å². The molecule has 0 radical (unpaired) electrons. The van der Waals surface area contributed by atoms with Gasteiger partial charge in [0, 0.05) is 0 Å². The quantitative estimate of drug-likeness (QED) is 0.272. The van der Waals surface area contributed by atoms with Gasteiger partial charge in [-0.15, -0.1) is 0 Å². The van der Waals surface area contributed by atoms with Crippen LogP contribution >= 0.6 is 22.6 Å². The number of carbonyl (C=O) groups is 2. The van der Waals surface area contributed by atoms with E-state index in [4.69, 9.17) is 19.5 Å². The van der Waals surface area contributed by atoms with E-state index in [-0.39, 0.29) is 19.1 Å². The maximum atomic E-state index is 13.0. The van der Waals surface area contributed by atoms with Crippen molar-refractivity contribution in [3.05, 3.63) is 56.7 Å². The predicted octanol–water partition coefficient (Wildman–Crippen LogP) is 4.31. The van der Waals surface area contributed by atoms with Crippen molar-refractivity contribution >= 4 is 51.9 Å². The number of anilines is 1. The summed E-state index contributed by atoms with van der Waals surface area (Å²) in [6, 6.07) is 12.3. The van der Waals surface area contributed by atoms with Crippen molar-refractivity contribution in [3.8, 4) is 17.6 Å². The molecule has 1 aliphatic rings. The Morgan fingerprint density at radius 1 is 1.18 bits per heavy atom. The van der Waals surface area contributed by atoms with Gasteiger partial charge in [-0.25, -0.2) is 4.79 Å². The second-order valence-corrected chi connectivity index (χ2v) is 8.04. The van der Waals surface area contributed by atoms with Gasteiger partial charge in [0.15, 0.2) is 18.1 Å². The molecule has 1 heterocycles. The van der Waals surface area contributed by atoms with E-state index in [0.717, 1.165) is 9.13 Å². The first-order valence-electron chi connectivity index (χ1n) is 10.2. The molecule has 1 amide bonds. The van der Waals surface area contributed by atoms with Gasteiger partial charge in [-0.1, -0.05) is 0 Å². The van der Waals surface area contributed by atoms with Gasteiger partial charge in [0.1, 0.15) is 0 Å². The van der Waals surface area contributed by atoms with E-state index in [0.29, 0.717) is 40.6 Å². The molecule has 0 saturated carbocycles. The minimum atomic E-state index is -0.465. The Morgan fingerprint density at radius 2 is 1.91 bits per heavy atom. The molecule has 33 heavy (non-hydrogen) atoms. The Hall–Kier alpha value is -3.39. The lowest BCUT2D eigenvalue weighted by Gasteiger charge is -2.14. The number of halogens is 1. The summed E-state index contributed by atoms with van der Waals surface area (Å²) in [5.74, 6) is 0.167. The van der Waals surface area contributed by atoms with Crippen LogP contribution in [0, 0.1) is 14.9 Å². The normalized spacial score (nSPS) is 14.2. The number of esters is 1. The topological polar surface area (TPSA) is 101 Å². The summed E-state index contributed by atoms with van der Waals surface area (Å²) in [5, 5.41) is 14.7. The molecule has 0 unspecified atom stereocenters. The Kier molecular flexibility index (Phi) is 8.06. The number of nitriles is 1. The molecule has 8 nitrogen and oxygen atoms in total. The Morgan fingerprint density at radius 3 is 2.55 bits per heavy atom. The molecule has 1 aliphatic heterocycles. The van der Waals surface area contributed by atoms with Crippen molar-refractivity contribution < 1.29 is 23.8 Å². The molecule has 0 fully saturated rings. The Balaban J connectivity index is 1.88. The molecule has 0 spiro atoms. The number of ether oxygens (including phenoxy) is 3. The maximum Gasteiger partial charge on any atom is 0.344 e. The number of hydrazone groups is 1. The van der Waals surface area contributed by atoms with Crippen LogP contribution in [0.1, 0.15) is 31.9 Å². The fourth-order valence-corrected chi connectivity index (χ4v) is 3.89. The second kappa shape index (κ2) is 11.0. The molecule has 170 valence electrons. The van der Waals surface area contributed by atoms with Crippen LogP contribution < -0.4 is 14.5 Å². The van der Waals surface area contributed by atoms with Crippen molar-refractivity contribution in [1.82, 2.24) is 0 Å². The van der Waals surface area contributed by atoms with E-state index in [1.165, 1.54) is 5.01 Å². The van der Waals surface area contributed by atoms with Crippen LogP contribution in [-0.2, 0) is 14.3 Å². The van der Waals surface area contributed by atoms with Gasteiger partial charge in [0.05, 0.1) is 45.4 Å². The van der Waals surface area contributed by atoms with E-state index < -0.39 is 5.97 Å². The van der Waals surface area contributed by atoms with Crippen molar-refractivity contribution in [2.24, 2.45) is 5.10 Å². The molecule has 2 aromatic rings. The lowest BCUT2D eigenvalue weighted by Crippen LogP contribution is -2.21. The maximum absolute atomic E-state index is 13.0. The van der Waals surface area contributed by atoms with Crippen molar-refractivity contribution in [3.63, 3.8) is 0 Å². The lowest BCUT2D eigenvalue weighted by atomic mass is 10.1. The van der Waals surface area contributed by atoms with Crippen LogP contribution in [0.5, 0.6) is 11.5 Å². The van der Waals surface area contributed by atoms with Crippen LogP contribution in [0.15, 0.2) is 47.1 Å². The molecule has 0 N–H and O–H groups in total. The van der Waals surface area contributed by atoms with Crippen LogP contribution in [-0.4, -0.2) is 37.4 Å². The first kappa shape index (κ1) is 24.3. The zero-order chi connectivity index (χ0) is 24.0. The Bertz CT molecular complexity index is 1170. The molecule has 0 bridgehead atoms. The molecule has 0 aliphatic carbocycles. The monoisotopic (exact) mass is 559 g/mol. The fraction of sp³-hybridized carbons (Fsp3) is 0.250. The Labute approximate surface area is 205 Å². The zero-order valence-corrected chi connectivity index (χ0v) is 20.6. The number of rotatable bonds is 8. The number of hydrogen-bond donors (Lipinski definition) is 0. The number of carbonyl (C=O) groups excluding carboxylic acids is 2. The van der Waals surface area contributed by atoms with Crippen LogP contribution in [0.2, 0.25) is 0 Å². The van der Waals surface area contributed by atoms with E-state index in [9.17, 15) is 9.59 Å². The third-order valence-electron chi connectivity index (χ3n) is 4.59. The van der Waals surface area contributed by atoms with Gasteiger partial charge in [-0.05, 0) is 91.4 Å². The highest BCUT2D eigenvalue weighted by Gasteiger charge is 2.29. The number of hydrogen-bond acceptors (Lipinski definition) is 7. The average molecular weight is 559 g/mol. The molecule has 2 aromatic carbocycles. The van der Waals surface area contributed by atoms with E-state index in [1.807, 2.05) is 13.0 Å². The highest BCUT2D eigenvalue weighted by Crippen LogP contribution is 2.35. The summed E-state index contributed by atoms with van der Waals surface area (Å²) >= 11 is 2.10. The molecule has 0 aromatic heterocycles. The SMILES string of the molecule is CCOC(=O)COc1c(I)cc(/C=C2/C(=O)N(c3ccc(C#N)cc3)N=C2C)cc1OCC. The van der Waals surface area contributed by atoms with Crippen molar-refractivity contribution in [2.75, 3.05) is 24.8 Å². The summed E-state index contributed by atoms with van der Waals surface area (Å²) < 4.78 is 17.0. The number of amides is 1. The average Bonchev–Trinajstić information content (AvgIpc) is 3.07. The van der Waals surface area contributed by atoms with Gasteiger partial charge >= 0.3 is 5.97 Å². The van der Waals surface area contributed by atoms with Crippen LogP contribution in [0.4, 0.5) is 5.69 Å². The minimum Gasteiger partial charge on any atom is -0.490 e. The number of benzene rings is 2. The van der Waals surface area contributed by atoms with E-state index in [1.54, 1.807) is 50.3 Å². The highest BCUT2D eigenvalue weighted by molar-refractivity contribution is 14.1. The summed E-state index contributed by atoms with van der Waals surface area (Å²) in [6.07, 6.45) is 1.74. The van der Waals surface area contributed by atoms with Gasteiger partial charge in [-0.2, -0.15) is 15.4 Å². The third-order valence-corrected chi connectivity index (χ3v) is 5.39. The molecule has 9 heteroatoms. The smallest absolute Gasteiger partial charge is 0.344 e. The van der Waals surface area contributed by atoms with E-state index >= 15 is 0 Å². The minimum absolute atomic E-state index is 0.228. The van der Waals surface area contributed by atoms with Gasteiger partial charge < -0.3 is 14.2 Å². The molecule has 0 atom stereocenters. The van der Waals surface area contributed by atoms with Crippen LogP contribution in [0.25, 0.3) is 6.08 Å². The largest absolute Gasteiger partial charge is 0.490 e. The zero-order valence-electron chi connectivity index (χ0n) is 18.4. The molecule has 3 rings (SSSR count). The van der Waals surface area contributed by atoms with Crippen molar-refractivity contribution in [2.45, 2.75) is 20.8 Å². The predicted molar refractivity (Wildman–Crippen MR) is 132 cm³/mol. The van der Waals surface area contributed by atoms with E-state index in [2.05, 4.69) is 33.8 Å². The highest BCUT2D eigenvalue weighted by atomic mass is 127. The lowest BCUT2D eigenvalue weighted by molar-refractivity contribution is -0.145. The van der Waals surface area contributed by atoms with Crippen LogP contribution in [0.3, 0.4) is 0 Å². The van der Waals surface area contributed by atoms with Crippen molar-refractivity contribution in [1.29, 1.82) is 5.26 Å². The molecule has 0 saturated heterocycles. The summed E-state index contributed by atoms with van der Waals surface area (Å²) in [6.45, 7) is 5.79. The van der Waals surface area contributed by atoms with Gasteiger partial charge in [0.25, 0.3) is 5.91 Å². The number of nitrogens with zero attached hydrogens (tertiary/aromatic N) is 3. The first-order chi connectivity index (χ1) is 15.9. The summed E-state index contributed by atoms with van der Waals surface area (Å²) in [4.78, 5) is 24.7. The standard InChI is InChI=1S/C24H22IN3O5/c1-4-31-21-12-17(11-20(25)23(21)33-14-22(29)32-5-2)10-19-15(3)27-28(24(19)30)18-8-6-16(13-26)7-9-18/h6-12H,4-5,14H2,1-3H3/b19-10+. The van der Waals surface area contributed by atoms with Gasteiger partial charge in [0.2, 0.25) is 0 Å². The summed E-state index contributed by atoms with van der Waals surface area (Å²) in [7, 11) is 0. The molecular formula is C24H22IN3O5.